The number of benzene rings is 1. The first-order valence-corrected chi connectivity index (χ1v) is 8.73. The zero-order valence-electron chi connectivity index (χ0n) is 11.7. The van der Waals surface area contributed by atoms with Crippen LogP contribution >= 0.6 is 0 Å². The highest BCUT2D eigenvalue weighted by atomic mass is 32.2. The molecule has 1 aliphatic heterocycles. The van der Waals surface area contributed by atoms with Gasteiger partial charge in [-0.2, -0.15) is 5.10 Å². The van der Waals surface area contributed by atoms with E-state index in [0.29, 0.717) is 22.9 Å². The van der Waals surface area contributed by atoms with Crippen LogP contribution in [0.3, 0.4) is 0 Å². The fourth-order valence-electron chi connectivity index (χ4n) is 2.65. The largest absolute Gasteiger partial charge is 0.352 e. The van der Waals surface area contributed by atoms with Crippen LogP contribution in [0.5, 0.6) is 0 Å². The van der Waals surface area contributed by atoms with Gasteiger partial charge in [-0.25, -0.2) is 13.5 Å². The van der Waals surface area contributed by atoms with Gasteiger partial charge in [-0.15, -0.1) is 0 Å². The maximum absolute atomic E-state index is 12.1. The summed E-state index contributed by atoms with van der Waals surface area (Å²) < 4.78 is 22.8. The predicted molar refractivity (Wildman–Crippen MR) is 81.3 cm³/mol. The molecule has 1 aromatic heterocycles. The first-order valence-electron chi connectivity index (χ1n) is 6.91. The van der Waals surface area contributed by atoms with Gasteiger partial charge in [-0.3, -0.25) is 9.59 Å². The van der Waals surface area contributed by atoms with E-state index in [4.69, 9.17) is 0 Å². The van der Waals surface area contributed by atoms with Gasteiger partial charge in [0.2, 0.25) is 5.91 Å². The molecule has 1 amide bonds. The van der Waals surface area contributed by atoms with Crippen LogP contribution in [0.1, 0.15) is 12.1 Å². The van der Waals surface area contributed by atoms with Crippen molar-refractivity contribution < 1.29 is 13.2 Å². The highest BCUT2D eigenvalue weighted by molar-refractivity contribution is 7.91. The third-order valence-electron chi connectivity index (χ3n) is 3.70. The standard InChI is InChI=1S/C14H15N3O4S/c18-13(15-9-5-6-22(20,21)8-9)7-12-10-3-1-2-4-11(10)14(19)17-16-12/h1-4,9H,5-8H2,(H,15,18)(H,17,19). The fourth-order valence-corrected chi connectivity index (χ4v) is 4.32. The topological polar surface area (TPSA) is 109 Å². The molecule has 2 heterocycles. The normalized spacial score (nSPS) is 20.1. The van der Waals surface area contributed by atoms with E-state index in [1.54, 1.807) is 24.3 Å². The van der Waals surface area contributed by atoms with Gasteiger partial charge >= 0.3 is 0 Å². The molecule has 1 fully saturated rings. The van der Waals surface area contributed by atoms with Gasteiger partial charge in [0.1, 0.15) is 0 Å². The molecule has 1 atom stereocenters. The zero-order chi connectivity index (χ0) is 15.7. The highest BCUT2D eigenvalue weighted by Gasteiger charge is 2.29. The van der Waals surface area contributed by atoms with Crippen LogP contribution in [0.2, 0.25) is 0 Å². The number of rotatable bonds is 3. The molecule has 3 rings (SSSR count). The van der Waals surface area contributed by atoms with Gasteiger partial charge in [-0.05, 0) is 12.5 Å². The molecular formula is C14H15N3O4S. The molecular weight excluding hydrogens is 306 g/mol. The summed E-state index contributed by atoms with van der Waals surface area (Å²) in [4.78, 5) is 23.8. The summed E-state index contributed by atoms with van der Waals surface area (Å²) >= 11 is 0. The maximum Gasteiger partial charge on any atom is 0.272 e. The second-order valence-electron chi connectivity index (χ2n) is 5.39. The minimum Gasteiger partial charge on any atom is -0.352 e. The monoisotopic (exact) mass is 321 g/mol. The number of carbonyl (C=O) groups is 1. The van der Waals surface area contributed by atoms with E-state index < -0.39 is 9.84 Å². The minimum atomic E-state index is -3.03. The number of hydrogen-bond donors (Lipinski definition) is 2. The Kier molecular flexibility index (Phi) is 3.69. The Morgan fingerprint density at radius 3 is 2.73 bits per heavy atom. The van der Waals surface area contributed by atoms with Crippen molar-refractivity contribution >= 4 is 26.5 Å². The summed E-state index contributed by atoms with van der Waals surface area (Å²) in [7, 11) is -3.03. The van der Waals surface area contributed by atoms with Gasteiger partial charge in [0.15, 0.2) is 9.84 Å². The lowest BCUT2D eigenvalue weighted by Gasteiger charge is -2.11. The van der Waals surface area contributed by atoms with E-state index in [-0.39, 0.29) is 35.4 Å². The van der Waals surface area contributed by atoms with Crippen LogP contribution < -0.4 is 10.9 Å². The quantitative estimate of drug-likeness (QED) is 0.811. The van der Waals surface area contributed by atoms with Gasteiger partial charge in [0, 0.05) is 11.4 Å². The molecule has 1 unspecified atom stereocenters. The van der Waals surface area contributed by atoms with E-state index >= 15 is 0 Å². The maximum atomic E-state index is 12.1. The van der Waals surface area contributed by atoms with E-state index in [9.17, 15) is 18.0 Å². The Morgan fingerprint density at radius 1 is 1.32 bits per heavy atom. The zero-order valence-corrected chi connectivity index (χ0v) is 12.5. The highest BCUT2D eigenvalue weighted by Crippen LogP contribution is 2.14. The SMILES string of the molecule is O=C(Cc1n[nH]c(=O)c2ccccc12)NC1CCS(=O)(=O)C1. The van der Waals surface area contributed by atoms with E-state index in [0.717, 1.165) is 0 Å². The van der Waals surface area contributed by atoms with Crippen molar-refractivity contribution in [1.29, 1.82) is 0 Å². The van der Waals surface area contributed by atoms with Crippen molar-refractivity contribution in [3.05, 3.63) is 40.3 Å². The van der Waals surface area contributed by atoms with Crippen molar-refractivity contribution in [2.75, 3.05) is 11.5 Å². The summed E-state index contributed by atoms with van der Waals surface area (Å²) in [5.41, 5.74) is 0.162. The van der Waals surface area contributed by atoms with E-state index in [1.165, 1.54) is 0 Å². The Balaban J connectivity index is 1.78. The van der Waals surface area contributed by atoms with Gasteiger partial charge in [-0.1, -0.05) is 18.2 Å². The summed E-state index contributed by atoms with van der Waals surface area (Å²) in [6.45, 7) is 0. The molecule has 116 valence electrons. The molecule has 0 aliphatic carbocycles. The van der Waals surface area contributed by atoms with Crippen molar-refractivity contribution in [2.24, 2.45) is 0 Å². The van der Waals surface area contributed by atoms with Crippen LogP contribution in [0.4, 0.5) is 0 Å². The van der Waals surface area contributed by atoms with Crippen LogP contribution in [-0.2, 0) is 21.1 Å². The predicted octanol–water partition coefficient (Wildman–Crippen LogP) is -0.231. The molecule has 0 saturated carbocycles. The molecule has 7 nitrogen and oxygen atoms in total. The van der Waals surface area contributed by atoms with Crippen molar-refractivity contribution in [3.8, 4) is 0 Å². The Hall–Kier alpha value is -2.22. The smallest absolute Gasteiger partial charge is 0.272 e. The van der Waals surface area contributed by atoms with Crippen LogP contribution in [0.25, 0.3) is 10.8 Å². The van der Waals surface area contributed by atoms with Crippen LogP contribution in [0, 0.1) is 0 Å². The molecule has 8 heteroatoms. The molecule has 1 aromatic carbocycles. The molecule has 1 saturated heterocycles. The second kappa shape index (κ2) is 5.53. The molecule has 0 spiro atoms. The third kappa shape index (κ3) is 3.01. The lowest BCUT2D eigenvalue weighted by molar-refractivity contribution is -0.121. The Bertz CT molecular complexity index is 888. The van der Waals surface area contributed by atoms with Crippen molar-refractivity contribution in [3.63, 3.8) is 0 Å². The van der Waals surface area contributed by atoms with E-state index in [1.807, 2.05) is 0 Å². The Labute approximate surface area is 126 Å². The number of sulfone groups is 1. The molecule has 0 bridgehead atoms. The van der Waals surface area contributed by atoms with Crippen molar-refractivity contribution in [1.82, 2.24) is 15.5 Å². The number of nitrogens with one attached hydrogen (secondary N) is 2. The Morgan fingerprint density at radius 2 is 2.05 bits per heavy atom. The second-order valence-corrected chi connectivity index (χ2v) is 7.62. The molecule has 22 heavy (non-hydrogen) atoms. The number of fused-ring (bicyclic) bond motifs is 1. The lowest BCUT2D eigenvalue weighted by Crippen LogP contribution is -2.36. The summed E-state index contributed by atoms with van der Waals surface area (Å²) in [6, 6.07) is 6.58. The first-order chi connectivity index (χ1) is 10.4. The van der Waals surface area contributed by atoms with Crippen LogP contribution in [-0.4, -0.2) is 42.1 Å². The number of hydrogen-bond acceptors (Lipinski definition) is 5. The molecule has 2 N–H and O–H groups in total. The van der Waals surface area contributed by atoms with Gasteiger partial charge in [0.05, 0.1) is 29.0 Å². The van der Waals surface area contributed by atoms with Gasteiger partial charge < -0.3 is 5.32 Å². The third-order valence-corrected chi connectivity index (χ3v) is 5.47. The summed E-state index contributed by atoms with van der Waals surface area (Å²) in [6.07, 6.45) is 0.432. The number of aromatic nitrogens is 2. The number of H-pyrrole nitrogens is 1. The van der Waals surface area contributed by atoms with Crippen LogP contribution in [0.15, 0.2) is 29.1 Å². The summed E-state index contributed by atoms with van der Waals surface area (Å²) in [5, 5.41) is 10.1. The molecule has 0 radical (unpaired) electrons. The van der Waals surface area contributed by atoms with Gasteiger partial charge in [0.25, 0.3) is 5.56 Å². The average Bonchev–Trinajstić information content (AvgIpc) is 2.81. The number of amides is 1. The summed E-state index contributed by atoms with van der Waals surface area (Å²) in [5.74, 6) is -0.206. The number of aromatic amines is 1. The first kappa shape index (κ1) is 14.7. The minimum absolute atomic E-state index is 0.00611. The fraction of sp³-hybridized carbons (Fsp3) is 0.357. The lowest BCUT2D eigenvalue weighted by atomic mass is 10.1. The average molecular weight is 321 g/mol. The molecule has 2 aromatic rings. The number of carbonyl (C=O) groups excluding carboxylic acids is 1. The number of nitrogens with zero attached hydrogens (tertiary/aromatic N) is 1. The van der Waals surface area contributed by atoms with E-state index in [2.05, 4.69) is 15.5 Å². The molecule has 1 aliphatic rings. The van der Waals surface area contributed by atoms with Crippen molar-refractivity contribution in [2.45, 2.75) is 18.9 Å².